The van der Waals surface area contributed by atoms with E-state index in [2.05, 4.69) is 4.98 Å². The molecule has 1 fully saturated rings. The molecule has 31 heavy (non-hydrogen) atoms. The number of carboxylic acids is 1. The maximum Gasteiger partial charge on any atom is 0.419 e. The molecule has 0 spiro atoms. The van der Waals surface area contributed by atoms with Crippen LogP contribution in [0.3, 0.4) is 0 Å². The Morgan fingerprint density at radius 3 is 2.42 bits per heavy atom. The van der Waals surface area contributed by atoms with Crippen LogP contribution >= 0.6 is 0 Å². The molecule has 1 atom stereocenters. The first kappa shape index (κ1) is 21.6. The van der Waals surface area contributed by atoms with Crippen LogP contribution in [0.1, 0.15) is 16.7 Å². The van der Waals surface area contributed by atoms with Crippen LogP contribution in [0, 0.1) is 5.92 Å². The van der Waals surface area contributed by atoms with Crippen molar-refractivity contribution in [3.63, 3.8) is 0 Å². The molecule has 0 radical (unpaired) electrons. The van der Waals surface area contributed by atoms with Crippen LogP contribution in [-0.4, -0.2) is 55.0 Å². The number of benzene rings is 1. The second-order valence-corrected chi connectivity index (χ2v) is 9.51. The second kappa shape index (κ2) is 7.79. The van der Waals surface area contributed by atoms with Gasteiger partial charge in [-0.2, -0.15) is 17.5 Å². The number of sulfonamides is 1. The monoisotopic (exact) mass is 455 g/mol. The van der Waals surface area contributed by atoms with Crippen LogP contribution in [0.25, 0.3) is 0 Å². The summed E-state index contributed by atoms with van der Waals surface area (Å²) in [6.45, 7) is 0.128. The van der Waals surface area contributed by atoms with Crippen LogP contribution in [0.4, 0.5) is 19.0 Å². The SMILES string of the molecule is O=C(O)C1Cc2cccc(S(=O)(=O)N3CCN(c4ncccc4C(F)(F)F)CC3)c2C1. The third-order valence-electron chi connectivity index (χ3n) is 5.74. The van der Waals surface area contributed by atoms with Crippen molar-refractivity contribution in [3.05, 3.63) is 53.2 Å². The molecule has 1 saturated heterocycles. The number of hydrogen-bond donors (Lipinski definition) is 1. The molecule has 1 aromatic heterocycles. The maximum atomic E-state index is 13.3. The number of aromatic nitrogens is 1. The van der Waals surface area contributed by atoms with Crippen molar-refractivity contribution in [2.45, 2.75) is 23.9 Å². The first-order valence-electron chi connectivity index (χ1n) is 9.70. The fourth-order valence-corrected chi connectivity index (χ4v) is 5.88. The number of alkyl halides is 3. The van der Waals surface area contributed by atoms with E-state index in [0.717, 1.165) is 6.07 Å². The molecule has 1 aliphatic carbocycles. The van der Waals surface area contributed by atoms with Crippen LogP contribution in [0.5, 0.6) is 0 Å². The second-order valence-electron chi connectivity index (χ2n) is 7.60. The lowest BCUT2D eigenvalue weighted by Crippen LogP contribution is -2.49. The van der Waals surface area contributed by atoms with Crippen LogP contribution < -0.4 is 4.90 Å². The van der Waals surface area contributed by atoms with Gasteiger partial charge in [0.15, 0.2) is 0 Å². The molecule has 1 aromatic carbocycles. The minimum Gasteiger partial charge on any atom is -0.481 e. The molecule has 7 nitrogen and oxygen atoms in total. The normalized spacial score (nSPS) is 20.0. The zero-order chi connectivity index (χ0) is 22.4. The molecule has 0 saturated carbocycles. The Bertz CT molecular complexity index is 1110. The molecule has 2 aliphatic rings. The van der Waals surface area contributed by atoms with E-state index >= 15 is 0 Å². The van der Waals surface area contributed by atoms with Crippen molar-refractivity contribution >= 4 is 21.8 Å². The summed E-state index contributed by atoms with van der Waals surface area (Å²) in [4.78, 5) is 16.7. The number of pyridine rings is 1. The van der Waals surface area contributed by atoms with Crippen molar-refractivity contribution in [3.8, 4) is 0 Å². The number of aliphatic carboxylic acids is 1. The number of anilines is 1. The fraction of sp³-hybridized carbons (Fsp3) is 0.400. The Morgan fingerprint density at radius 1 is 1.06 bits per heavy atom. The highest BCUT2D eigenvalue weighted by atomic mass is 32.2. The summed E-state index contributed by atoms with van der Waals surface area (Å²) in [5.41, 5.74) is 0.365. The van der Waals surface area contributed by atoms with E-state index in [9.17, 15) is 31.5 Å². The summed E-state index contributed by atoms with van der Waals surface area (Å²) in [7, 11) is -3.91. The van der Waals surface area contributed by atoms with Gasteiger partial charge in [-0.05, 0) is 42.2 Å². The quantitative estimate of drug-likeness (QED) is 0.762. The van der Waals surface area contributed by atoms with Gasteiger partial charge >= 0.3 is 12.1 Å². The number of carboxylic acid groups (broad SMARTS) is 1. The van der Waals surface area contributed by atoms with E-state index in [1.165, 1.54) is 27.5 Å². The Labute approximate surface area is 177 Å². The smallest absolute Gasteiger partial charge is 0.419 e. The predicted molar refractivity (Wildman–Crippen MR) is 105 cm³/mol. The maximum absolute atomic E-state index is 13.3. The van der Waals surface area contributed by atoms with E-state index in [1.807, 2.05) is 0 Å². The molecule has 0 bridgehead atoms. The minimum atomic E-state index is -4.56. The lowest BCUT2D eigenvalue weighted by molar-refractivity contribution is -0.141. The van der Waals surface area contributed by atoms with Gasteiger partial charge in [0, 0.05) is 32.4 Å². The molecular formula is C20H20F3N3O4S. The van der Waals surface area contributed by atoms with E-state index in [0.29, 0.717) is 11.1 Å². The Morgan fingerprint density at radius 2 is 1.77 bits per heavy atom. The number of piperazine rings is 1. The van der Waals surface area contributed by atoms with Gasteiger partial charge in [0.05, 0.1) is 16.4 Å². The summed E-state index contributed by atoms with van der Waals surface area (Å²) in [6.07, 6.45) is -2.86. The summed E-state index contributed by atoms with van der Waals surface area (Å²) < 4.78 is 67.6. The first-order valence-corrected chi connectivity index (χ1v) is 11.1. The zero-order valence-electron chi connectivity index (χ0n) is 16.3. The number of hydrogen-bond acceptors (Lipinski definition) is 5. The lowest BCUT2D eigenvalue weighted by Gasteiger charge is -2.35. The van der Waals surface area contributed by atoms with Crippen LogP contribution in [-0.2, 0) is 33.8 Å². The van der Waals surface area contributed by atoms with Gasteiger partial charge < -0.3 is 10.0 Å². The van der Waals surface area contributed by atoms with E-state index in [1.54, 1.807) is 12.1 Å². The molecule has 11 heteroatoms. The summed E-state index contributed by atoms with van der Waals surface area (Å²) in [5.74, 6) is -1.84. The van der Waals surface area contributed by atoms with Gasteiger partial charge in [-0.3, -0.25) is 4.79 Å². The first-order chi connectivity index (χ1) is 14.6. The molecule has 0 amide bonds. The average Bonchev–Trinajstić information content (AvgIpc) is 3.18. The Kier molecular flexibility index (Phi) is 5.42. The molecule has 1 unspecified atom stereocenters. The van der Waals surface area contributed by atoms with Crippen LogP contribution in [0.15, 0.2) is 41.4 Å². The predicted octanol–water partition coefficient (Wildman–Crippen LogP) is 2.41. The molecule has 1 aliphatic heterocycles. The molecule has 166 valence electrons. The molecule has 1 N–H and O–H groups in total. The highest BCUT2D eigenvalue weighted by Crippen LogP contribution is 2.36. The lowest BCUT2D eigenvalue weighted by atomic mass is 10.1. The number of fused-ring (bicyclic) bond motifs is 1. The standard InChI is InChI=1S/C20H20F3N3O4S/c21-20(22,23)16-4-2-6-24-18(16)25-7-9-26(10-8-25)31(29,30)17-5-1-3-13-11-14(19(27)28)12-15(13)17/h1-6,14H,7-12H2,(H,27,28). The molecule has 2 aromatic rings. The highest BCUT2D eigenvalue weighted by molar-refractivity contribution is 7.89. The van der Waals surface area contributed by atoms with Gasteiger partial charge in [-0.15, -0.1) is 0 Å². The van der Waals surface area contributed by atoms with Gasteiger partial charge in [-0.1, -0.05) is 12.1 Å². The number of nitrogens with zero attached hydrogens (tertiary/aromatic N) is 3. The summed E-state index contributed by atoms with van der Waals surface area (Å²) in [6, 6.07) is 6.96. The number of rotatable bonds is 4. The number of carbonyl (C=O) groups is 1. The highest BCUT2D eigenvalue weighted by Gasteiger charge is 2.38. The van der Waals surface area contributed by atoms with Crippen molar-refractivity contribution in [1.82, 2.24) is 9.29 Å². The third-order valence-corrected chi connectivity index (χ3v) is 7.73. The largest absolute Gasteiger partial charge is 0.481 e. The van der Waals surface area contributed by atoms with Crippen molar-refractivity contribution in [2.75, 3.05) is 31.1 Å². The summed E-state index contributed by atoms with van der Waals surface area (Å²) in [5, 5.41) is 9.29. The van der Waals surface area contributed by atoms with Gasteiger partial charge in [0.2, 0.25) is 10.0 Å². The molecule has 4 rings (SSSR count). The van der Waals surface area contributed by atoms with E-state index in [4.69, 9.17) is 0 Å². The van der Waals surface area contributed by atoms with Crippen LogP contribution in [0.2, 0.25) is 0 Å². The summed E-state index contributed by atoms with van der Waals surface area (Å²) >= 11 is 0. The average molecular weight is 455 g/mol. The van der Waals surface area contributed by atoms with Gasteiger partial charge in [0.1, 0.15) is 5.82 Å². The van der Waals surface area contributed by atoms with Crippen molar-refractivity contribution in [1.29, 1.82) is 0 Å². The topological polar surface area (TPSA) is 90.8 Å². The van der Waals surface area contributed by atoms with E-state index in [-0.39, 0.29) is 49.7 Å². The third kappa shape index (κ3) is 3.99. The number of halogens is 3. The van der Waals surface area contributed by atoms with Gasteiger partial charge in [0.25, 0.3) is 0 Å². The van der Waals surface area contributed by atoms with Crippen molar-refractivity contribution < 1.29 is 31.5 Å². The zero-order valence-corrected chi connectivity index (χ0v) is 17.2. The Balaban J connectivity index is 1.55. The molecule has 2 heterocycles. The Hall–Kier alpha value is -2.66. The van der Waals surface area contributed by atoms with Crippen molar-refractivity contribution in [2.24, 2.45) is 5.92 Å². The minimum absolute atomic E-state index is 0.00221. The molecular weight excluding hydrogens is 435 g/mol. The fourth-order valence-electron chi connectivity index (χ4n) is 4.18. The van der Waals surface area contributed by atoms with E-state index < -0.39 is 33.7 Å². The van der Waals surface area contributed by atoms with Gasteiger partial charge in [-0.25, -0.2) is 13.4 Å².